The molecule has 0 aliphatic carbocycles. The van der Waals surface area contributed by atoms with Crippen LogP contribution < -0.4 is 5.32 Å². The fourth-order valence-corrected chi connectivity index (χ4v) is 4.21. The summed E-state index contributed by atoms with van der Waals surface area (Å²) in [6, 6.07) is 10.9. The van der Waals surface area contributed by atoms with Gasteiger partial charge in [-0.15, -0.1) is 0 Å². The van der Waals surface area contributed by atoms with Gasteiger partial charge < -0.3 is 5.32 Å². The van der Waals surface area contributed by atoms with Gasteiger partial charge in [-0.2, -0.15) is 0 Å². The van der Waals surface area contributed by atoms with Gasteiger partial charge in [0.25, 0.3) is 0 Å². The number of fused-ring (bicyclic) bond motifs is 2. The fourth-order valence-electron chi connectivity index (χ4n) is 3.80. The molecule has 0 spiro atoms. The van der Waals surface area contributed by atoms with E-state index in [1.165, 1.54) is 42.1 Å². The minimum atomic E-state index is 0.728. The smallest absolute Gasteiger partial charge is 0.0250 e. The van der Waals surface area contributed by atoms with E-state index in [-0.39, 0.29) is 0 Å². The second kappa shape index (κ2) is 5.94. The predicted molar refractivity (Wildman–Crippen MR) is 83.2 cm³/mol. The van der Waals surface area contributed by atoms with Crippen LogP contribution in [0.15, 0.2) is 28.7 Å². The van der Waals surface area contributed by atoms with Crippen molar-refractivity contribution in [1.82, 2.24) is 10.2 Å². The Bertz CT molecular complexity index is 421. The highest BCUT2D eigenvalue weighted by molar-refractivity contribution is 9.10. The minimum absolute atomic E-state index is 0.728. The first-order valence-corrected chi connectivity index (χ1v) is 8.23. The molecule has 0 aromatic heterocycles. The van der Waals surface area contributed by atoms with Gasteiger partial charge in [0.05, 0.1) is 0 Å². The molecule has 2 heterocycles. The maximum atomic E-state index is 3.69. The lowest BCUT2D eigenvalue weighted by molar-refractivity contribution is 0.0189. The van der Waals surface area contributed by atoms with E-state index in [2.05, 4.69) is 57.5 Å². The van der Waals surface area contributed by atoms with E-state index in [0.29, 0.717) is 0 Å². The SMILES string of the molecule is CNC1CC2CCCC(C1)N2Cc1ccccc1Br. The molecule has 2 bridgehead atoms. The predicted octanol–water partition coefficient (Wildman–Crippen LogP) is 3.55. The zero-order valence-electron chi connectivity index (χ0n) is 11.6. The molecule has 2 nitrogen and oxygen atoms in total. The Hall–Kier alpha value is -0.380. The maximum absolute atomic E-state index is 3.69. The molecular formula is C16H23BrN2. The molecule has 3 rings (SSSR count). The summed E-state index contributed by atoms with van der Waals surface area (Å²) in [6.07, 6.45) is 6.80. The quantitative estimate of drug-likeness (QED) is 0.915. The Morgan fingerprint density at radius 3 is 2.53 bits per heavy atom. The normalized spacial score (nSPS) is 31.4. The Morgan fingerprint density at radius 2 is 1.89 bits per heavy atom. The van der Waals surface area contributed by atoms with Crippen LogP contribution in [0.1, 0.15) is 37.7 Å². The number of halogens is 1. The maximum Gasteiger partial charge on any atom is 0.0250 e. The van der Waals surface area contributed by atoms with Crippen molar-refractivity contribution in [3.05, 3.63) is 34.3 Å². The second-order valence-electron chi connectivity index (χ2n) is 5.96. The Labute approximate surface area is 124 Å². The molecule has 0 amide bonds. The largest absolute Gasteiger partial charge is 0.317 e. The van der Waals surface area contributed by atoms with Crippen molar-refractivity contribution >= 4 is 15.9 Å². The standard InChI is InChI=1S/C16H23BrN2/c1-18-13-9-14-6-4-7-15(10-13)19(14)11-12-5-2-3-8-16(12)17/h2-3,5,8,13-15,18H,4,6-7,9-11H2,1H3. The van der Waals surface area contributed by atoms with Gasteiger partial charge in [-0.05, 0) is 44.4 Å². The van der Waals surface area contributed by atoms with Gasteiger partial charge in [-0.1, -0.05) is 40.5 Å². The molecule has 2 aliphatic heterocycles. The molecule has 1 N–H and O–H groups in total. The fraction of sp³-hybridized carbons (Fsp3) is 0.625. The number of hydrogen-bond donors (Lipinski definition) is 1. The van der Waals surface area contributed by atoms with Crippen LogP contribution in [-0.4, -0.2) is 30.1 Å². The average molecular weight is 323 g/mol. The number of nitrogens with one attached hydrogen (secondary N) is 1. The van der Waals surface area contributed by atoms with E-state index >= 15 is 0 Å². The van der Waals surface area contributed by atoms with Crippen LogP contribution in [0.5, 0.6) is 0 Å². The van der Waals surface area contributed by atoms with Gasteiger partial charge in [-0.25, -0.2) is 0 Å². The highest BCUT2D eigenvalue weighted by Crippen LogP contribution is 2.35. The molecular weight excluding hydrogens is 300 g/mol. The van der Waals surface area contributed by atoms with Gasteiger partial charge in [0.2, 0.25) is 0 Å². The van der Waals surface area contributed by atoms with Gasteiger partial charge in [-0.3, -0.25) is 4.90 Å². The van der Waals surface area contributed by atoms with Crippen molar-refractivity contribution in [1.29, 1.82) is 0 Å². The second-order valence-corrected chi connectivity index (χ2v) is 6.81. The van der Waals surface area contributed by atoms with Crippen molar-refractivity contribution in [3.63, 3.8) is 0 Å². The third-order valence-electron chi connectivity index (χ3n) is 4.84. The van der Waals surface area contributed by atoms with Crippen LogP contribution in [0.4, 0.5) is 0 Å². The van der Waals surface area contributed by atoms with Crippen molar-refractivity contribution in [2.24, 2.45) is 0 Å². The molecule has 2 aliphatic rings. The van der Waals surface area contributed by atoms with Gasteiger partial charge in [0.1, 0.15) is 0 Å². The van der Waals surface area contributed by atoms with Crippen LogP contribution in [-0.2, 0) is 6.54 Å². The van der Waals surface area contributed by atoms with Crippen molar-refractivity contribution in [3.8, 4) is 0 Å². The van der Waals surface area contributed by atoms with Crippen molar-refractivity contribution in [2.45, 2.75) is 56.8 Å². The summed E-state index contributed by atoms with van der Waals surface area (Å²) in [5, 5.41) is 3.49. The highest BCUT2D eigenvalue weighted by Gasteiger charge is 2.37. The summed E-state index contributed by atoms with van der Waals surface area (Å²) >= 11 is 3.69. The zero-order valence-corrected chi connectivity index (χ0v) is 13.2. The van der Waals surface area contributed by atoms with Crippen molar-refractivity contribution in [2.75, 3.05) is 7.05 Å². The summed E-state index contributed by atoms with van der Waals surface area (Å²) in [5.41, 5.74) is 1.43. The van der Waals surface area contributed by atoms with Gasteiger partial charge in [0.15, 0.2) is 0 Å². The third kappa shape index (κ3) is 2.88. The van der Waals surface area contributed by atoms with Crippen LogP contribution in [0.25, 0.3) is 0 Å². The summed E-state index contributed by atoms with van der Waals surface area (Å²) in [7, 11) is 2.11. The van der Waals surface area contributed by atoms with Crippen molar-refractivity contribution < 1.29 is 0 Å². The Morgan fingerprint density at radius 1 is 1.21 bits per heavy atom. The molecule has 1 aromatic carbocycles. The molecule has 19 heavy (non-hydrogen) atoms. The third-order valence-corrected chi connectivity index (χ3v) is 5.62. The van der Waals surface area contributed by atoms with Crippen LogP contribution in [0, 0.1) is 0 Å². The number of hydrogen-bond acceptors (Lipinski definition) is 2. The van der Waals surface area contributed by atoms with E-state index in [9.17, 15) is 0 Å². The lowest BCUT2D eigenvalue weighted by Crippen LogP contribution is -2.55. The van der Waals surface area contributed by atoms with Gasteiger partial charge in [0, 0.05) is 29.1 Å². The molecule has 1 aromatic rings. The Kier molecular flexibility index (Phi) is 4.25. The van der Waals surface area contributed by atoms with E-state index in [0.717, 1.165) is 24.7 Å². The number of benzene rings is 1. The lowest BCUT2D eigenvalue weighted by atomic mass is 9.81. The first-order chi connectivity index (χ1) is 9.28. The minimum Gasteiger partial charge on any atom is -0.317 e. The van der Waals surface area contributed by atoms with E-state index in [1.54, 1.807) is 0 Å². The van der Waals surface area contributed by atoms with E-state index in [4.69, 9.17) is 0 Å². The van der Waals surface area contributed by atoms with Crippen LogP contribution >= 0.6 is 15.9 Å². The zero-order chi connectivity index (χ0) is 13.2. The average Bonchev–Trinajstić information content (AvgIpc) is 2.41. The summed E-state index contributed by atoms with van der Waals surface area (Å²) in [5.74, 6) is 0. The van der Waals surface area contributed by atoms with Gasteiger partial charge >= 0.3 is 0 Å². The first kappa shape index (κ1) is 13.6. The molecule has 2 saturated heterocycles. The molecule has 0 saturated carbocycles. The number of nitrogens with zero attached hydrogens (tertiary/aromatic N) is 1. The molecule has 2 atom stereocenters. The molecule has 104 valence electrons. The number of piperidine rings is 2. The first-order valence-electron chi connectivity index (χ1n) is 7.44. The highest BCUT2D eigenvalue weighted by atomic mass is 79.9. The molecule has 0 radical (unpaired) electrons. The van der Waals surface area contributed by atoms with E-state index < -0.39 is 0 Å². The monoisotopic (exact) mass is 322 g/mol. The molecule has 2 fully saturated rings. The lowest BCUT2D eigenvalue weighted by Gasteiger charge is -2.49. The summed E-state index contributed by atoms with van der Waals surface area (Å²) < 4.78 is 1.25. The topological polar surface area (TPSA) is 15.3 Å². The summed E-state index contributed by atoms with van der Waals surface area (Å²) in [4.78, 5) is 2.76. The van der Waals surface area contributed by atoms with Crippen LogP contribution in [0.3, 0.4) is 0 Å². The molecule has 3 heteroatoms. The molecule has 2 unspecified atom stereocenters. The van der Waals surface area contributed by atoms with E-state index in [1.807, 2.05) is 0 Å². The summed E-state index contributed by atoms with van der Waals surface area (Å²) in [6.45, 7) is 1.10. The Balaban J connectivity index is 1.76. The van der Waals surface area contributed by atoms with Crippen LogP contribution in [0.2, 0.25) is 0 Å². The number of rotatable bonds is 3.